The maximum atomic E-state index is 12.7. The third-order valence-electron chi connectivity index (χ3n) is 5.15. The molecule has 1 amide bonds. The fourth-order valence-corrected chi connectivity index (χ4v) is 5.05. The molecule has 28 heavy (non-hydrogen) atoms. The van der Waals surface area contributed by atoms with Crippen LogP contribution in [0.3, 0.4) is 0 Å². The van der Waals surface area contributed by atoms with Crippen LogP contribution in [0.25, 0.3) is 10.2 Å². The van der Waals surface area contributed by atoms with E-state index in [0.717, 1.165) is 49.2 Å². The lowest BCUT2D eigenvalue weighted by molar-refractivity contribution is 0.0224. The maximum Gasteiger partial charge on any atom is 0.410 e. The highest BCUT2D eigenvalue weighted by Gasteiger charge is 2.35. The molecule has 1 aliphatic heterocycles. The zero-order chi connectivity index (χ0) is 19.7. The van der Waals surface area contributed by atoms with Gasteiger partial charge in [-0.3, -0.25) is 4.90 Å². The van der Waals surface area contributed by atoms with Gasteiger partial charge in [0.2, 0.25) is 0 Å². The van der Waals surface area contributed by atoms with Crippen molar-refractivity contribution < 1.29 is 9.53 Å². The second-order valence-corrected chi connectivity index (χ2v) is 9.65. The van der Waals surface area contributed by atoms with Crippen molar-refractivity contribution in [2.75, 3.05) is 6.54 Å². The lowest BCUT2D eigenvalue weighted by Crippen LogP contribution is -2.36. The van der Waals surface area contributed by atoms with E-state index < -0.39 is 5.60 Å². The molecule has 1 unspecified atom stereocenters. The van der Waals surface area contributed by atoms with Gasteiger partial charge in [-0.15, -0.1) is 11.3 Å². The lowest BCUT2D eigenvalue weighted by atomic mass is 9.99. The number of fused-ring (bicyclic) bond motifs is 1. The van der Waals surface area contributed by atoms with Crippen molar-refractivity contribution in [3.8, 4) is 0 Å². The van der Waals surface area contributed by atoms with Gasteiger partial charge in [-0.25, -0.2) is 9.78 Å². The van der Waals surface area contributed by atoms with Gasteiger partial charge in [-0.2, -0.15) is 0 Å². The number of allylic oxidation sites excluding steroid dienone is 4. The van der Waals surface area contributed by atoms with Crippen LogP contribution in [0.1, 0.15) is 63.1 Å². The highest BCUT2D eigenvalue weighted by Crippen LogP contribution is 2.38. The van der Waals surface area contributed by atoms with E-state index in [-0.39, 0.29) is 12.1 Å². The molecule has 4 nitrogen and oxygen atoms in total. The number of carbonyl (C=O) groups excluding carboxylic acids is 1. The summed E-state index contributed by atoms with van der Waals surface area (Å²) < 4.78 is 6.82. The summed E-state index contributed by atoms with van der Waals surface area (Å²) in [5.74, 6) is 0. The molecular formula is C23H28N2O2S. The summed E-state index contributed by atoms with van der Waals surface area (Å²) in [4.78, 5) is 19.5. The van der Waals surface area contributed by atoms with E-state index in [1.54, 1.807) is 11.3 Å². The van der Waals surface area contributed by atoms with Crippen LogP contribution in [0.15, 0.2) is 42.0 Å². The maximum absolute atomic E-state index is 12.7. The third kappa shape index (κ3) is 4.14. The number of amides is 1. The quantitative estimate of drug-likeness (QED) is 0.621. The zero-order valence-corrected chi connectivity index (χ0v) is 17.7. The monoisotopic (exact) mass is 396 g/mol. The number of nitrogens with zero attached hydrogens (tertiary/aromatic N) is 2. The number of thiazole rings is 1. The Morgan fingerprint density at radius 2 is 2.18 bits per heavy atom. The van der Waals surface area contributed by atoms with E-state index in [4.69, 9.17) is 9.72 Å². The Labute approximate surface area is 170 Å². The van der Waals surface area contributed by atoms with Gasteiger partial charge in [0.25, 0.3) is 0 Å². The molecule has 2 aliphatic rings. The number of carbonyl (C=O) groups is 1. The minimum absolute atomic E-state index is 0.0221. The fourth-order valence-electron chi connectivity index (χ4n) is 3.89. The van der Waals surface area contributed by atoms with Crippen molar-refractivity contribution in [3.05, 3.63) is 52.6 Å². The SMILES string of the molecule is CC(C)(C)OC(=O)N1CCCC1c1nc2c(CC3=CCCC=C3)cccc2s1. The van der Waals surface area contributed by atoms with Crippen molar-refractivity contribution in [2.24, 2.45) is 0 Å². The smallest absolute Gasteiger partial charge is 0.410 e. The van der Waals surface area contributed by atoms with Crippen LogP contribution < -0.4 is 0 Å². The second kappa shape index (κ2) is 7.70. The summed E-state index contributed by atoms with van der Waals surface area (Å²) in [6.07, 6.45) is 11.7. The van der Waals surface area contributed by atoms with Gasteiger partial charge in [0.15, 0.2) is 0 Å². The normalized spacial score (nSPS) is 19.9. The molecule has 1 atom stereocenters. The Kier molecular flexibility index (Phi) is 5.28. The number of benzene rings is 1. The molecule has 0 bridgehead atoms. The topological polar surface area (TPSA) is 42.4 Å². The predicted molar refractivity (Wildman–Crippen MR) is 115 cm³/mol. The molecule has 0 radical (unpaired) electrons. The zero-order valence-electron chi connectivity index (χ0n) is 16.9. The highest BCUT2D eigenvalue weighted by atomic mass is 32.1. The average Bonchev–Trinajstić information content (AvgIpc) is 3.28. The molecular weight excluding hydrogens is 368 g/mol. The largest absolute Gasteiger partial charge is 0.444 e. The van der Waals surface area contributed by atoms with E-state index in [2.05, 4.69) is 36.4 Å². The van der Waals surface area contributed by atoms with Crippen molar-refractivity contribution in [3.63, 3.8) is 0 Å². The summed E-state index contributed by atoms with van der Waals surface area (Å²) in [6.45, 7) is 6.47. The Balaban J connectivity index is 1.60. The van der Waals surface area contributed by atoms with Crippen molar-refractivity contribution in [1.29, 1.82) is 0 Å². The standard InChI is InChI=1S/C23H28N2O2S/c1-23(2,3)27-22(26)25-14-8-12-18(25)21-24-20-17(11-7-13-19(20)28-21)15-16-9-5-4-6-10-16/h5,7,9-11,13,18H,4,6,8,12,14-15H2,1-3H3. The molecule has 0 spiro atoms. The highest BCUT2D eigenvalue weighted by molar-refractivity contribution is 7.18. The van der Waals surface area contributed by atoms with E-state index in [1.807, 2.05) is 25.7 Å². The van der Waals surface area contributed by atoms with Gasteiger partial charge in [-0.05, 0) is 70.1 Å². The van der Waals surface area contributed by atoms with Gasteiger partial charge < -0.3 is 4.74 Å². The van der Waals surface area contributed by atoms with Crippen molar-refractivity contribution in [1.82, 2.24) is 9.88 Å². The summed E-state index contributed by atoms with van der Waals surface area (Å²) in [5.41, 5.74) is 3.23. The first-order chi connectivity index (χ1) is 13.4. The number of ether oxygens (including phenoxy) is 1. The fraction of sp³-hybridized carbons (Fsp3) is 0.478. The lowest BCUT2D eigenvalue weighted by Gasteiger charge is -2.27. The Morgan fingerprint density at radius 1 is 1.32 bits per heavy atom. The van der Waals surface area contributed by atoms with Crippen LogP contribution in [0, 0.1) is 0 Å². The first kappa shape index (κ1) is 19.2. The average molecular weight is 397 g/mol. The summed E-state index contributed by atoms with van der Waals surface area (Å²) in [6, 6.07) is 6.45. The number of hydrogen-bond donors (Lipinski definition) is 0. The van der Waals surface area contributed by atoms with Crippen LogP contribution in [0.2, 0.25) is 0 Å². The second-order valence-electron chi connectivity index (χ2n) is 8.58. The summed E-state index contributed by atoms with van der Waals surface area (Å²) in [5, 5.41) is 1.03. The van der Waals surface area contributed by atoms with E-state index >= 15 is 0 Å². The molecule has 2 heterocycles. The first-order valence-corrected chi connectivity index (χ1v) is 11.0. The first-order valence-electron chi connectivity index (χ1n) is 10.1. The molecule has 2 aromatic rings. The van der Waals surface area contributed by atoms with Crippen LogP contribution in [-0.4, -0.2) is 28.1 Å². The van der Waals surface area contributed by atoms with Gasteiger partial charge in [0, 0.05) is 6.54 Å². The minimum Gasteiger partial charge on any atom is -0.444 e. The Hall–Kier alpha value is -2.14. The molecule has 4 rings (SSSR count). The van der Waals surface area contributed by atoms with Gasteiger partial charge >= 0.3 is 6.09 Å². The number of rotatable bonds is 3. The van der Waals surface area contributed by atoms with Gasteiger partial charge in [0.05, 0.1) is 16.3 Å². The molecule has 1 fully saturated rings. The Bertz CT molecular complexity index is 936. The molecule has 0 saturated carbocycles. The van der Waals surface area contributed by atoms with Crippen LogP contribution in [-0.2, 0) is 11.2 Å². The summed E-state index contributed by atoms with van der Waals surface area (Å²) in [7, 11) is 0. The number of likely N-dealkylation sites (tertiary alicyclic amines) is 1. The number of aromatic nitrogens is 1. The molecule has 1 aromatic carbocycles. The van der Waals surface area contributed by atoms with Crippen molar-refractivity contribution in [2.45, 2.75) is 64.5 Å². The van der Waals surface area contributed by atoms with Crippen molar-refractivity contribution >= 4 is 27.6 Å². The molecule has 5 heteroatoms. The third-order valence-corrected chi connectivity index (χ3v) is 6.27. The van der Waals surface area contributed by atoms with Crippen LogP contribution >= 0.6 is 11.3 Å². The van der Waals surface area contributed by atoms with Gasteiger partial charge in [-0.1, -0.05) is 30.4 Å². The number of para-hydroxylation sites is 1. The summed E-state index contributed by atoms with van der Waals surface area (Å²) >= 11 is 1.71. The molecule has 1 aliphatic carbocycles. The van der Waals surface area contributed by atoms with E-state index in [9.17, 15) is 4.79 Å². The minimum atomic E-state index is -0.480. The van der Waals surface area contributed by atoms with Gasteiger partial charge in [0.1, 0.15) is 10.6 Å². The van der Waals surface area contributed by atoms with E-state index in [1.165, 1.54) is 15.8 Å². The molecule has 1 aromatic heterocycles. The Morgan fingerprint density at radius 3 is 2.93 bits per heavy atom. The van der Waals surface area contributed by atoms with Crippen LogP contribution in [0.4, 0.5) is 4.79 Å². The number of hydrogen-bond acceptors (Lipinski definition) is 4. The molecule has 1 saturated heterocycles. The molecule has 0 N–H and O–H groups in total. The van der Waals surface area contributed by atoms with Crippen LogP contribution in [0.5, 0.6) is 0 Å². The van der Waals surface area contributed by atoms with E-state index in [0.29, 0.717) is 0 Å². The molecule has 148 valence electrons. The predicted octanol–water partition coefficient (Wildman–Crippen LogP) is 6.19.